The van der Waals surface area contributed by atoms with E-state index in [0.29, 0.717) is 16.4 Å². The van der Waals surface area contributed by atoms with Crippen molar-refractivity contribution in [3.05, 3.63) is 64.6 Å². The second kappa shape index (κ2) is 8.07. The Morgan fingerprint density at radius 2 is 1.70 bits per heavy atom. The zero-order chi connectivity index (χ0) is 19.4. The summed E-state index contributed by atoms with van der Waals surface area (Å²) in [5, 5.41) is 10.7. The number of ether oxygens (including phenoxy) is 1. The summed E-state index contributed by atoms with van der Waals surface area (Å²) in [6.07, 6.45) is 1.88. The molecule has 1 saturated heterocycles. The van der Waals surface area contributed by atoms with E-state index in [9.17, 15) is 14.4 Å². The molecule has 0 bridgehead atoms. The summed E-state index contributed by atoms with van der Waals surface area (Å²) >= 11 is 0.867. The number of carbonyl (C=O) groups excluding carboxylic acids is 2. The fraction of sp³-hybridized carbons (Fsp3) is 0.105. The maximum absolute atomic E-state index is 11.5. The van der Waals surface area contributed by atoms with Gasteiger partial charge in [0.15, 0.2) is 0 Å². The number of aliphatic carboxylic acids is 1. The Balaban J connectivity index is 1.63. The molecule has 1 atom stereocenters. The summed E-state index contributed by atoms with van der Waals surface area (Å²) in [7, 11) is 0. The summed E-state index contributed by atoms with van der Waals surface area (Å²) in [4.78, 5) is 33.8. The average Bonchev–Trinajstić information content (AvgIpc) is 2.95. The highest BCUT2D eigenvalue weighted by Crippen LogP contribution is 2.27. The summed E-state index contributed by atoms with van der Waals surface area (Å²) in [5.74, 6) is -0.229. The van der Waals surface area contributed by atoms with Crippen LogP contribution in [0, 0.1) is 0 Å². The Bertz CT molecular complexity index is 907. The van der Waals surface area contributed by atoms with E-state index in [-0.39, 0.29) is 11.7 Å². The molecule has 1 aliphatic heterocycles. The van der Waals surface area contributed by atoms with Crippen LogP contribution in [0.3, 0.4) is 0 Å². The number of hydrogen-bond acceptors (Lipinski definition) is 6. The van der Waals surface area contributed by atoms with E-state index in [4.69, 9.17) is 15.6 Å². The van der Waals surface area contributed by atoms with Crippen molar-refractivity contribution in [3.8, 4) is 11.5 Å². The second-order valence-electron chi connectivity index (χ2n) is 5.82. The zero-order valence-corrected chi connectivity index (χ0v) is 14.9. The first-order valence-corrected chi connectivity index (χ1v) is 8.82. The molecule has 2 aromatic carbocycles. The minimum absolute atomic E-state index is 0.243. The summed E-state index contributed by atoms with van der Waals surface area (Å²) in [5.41, 5.74) is 7.10. The normalized spacial score (nSPS) is 16.3. The van der Waals surface area contributed by atoms with Crippen molar-refractivity contribution in [1.82, 2.24) is 5.32 Å². The highest BCUT2D eigenvalue weighted by atomic mass is 32.2. The number of nitrogens with two attached hydrogens (primary N) is 1. The number of benzene rings is 2. The number of hydrogen-bond donors (Lipinski definition) is 3. The first-order valence-electron chi connectivity index (χ1n) is 8.01. The monoisotopic (exact) mass is 384 g/mol. The van der Waals surface area contributed by atoms with Crippen LogP contribution < -0.4 is 15.8 Å². The molecule has 4 N–H and O–H groups in total. The van der Waals surface area contributed by atoms with Crippen LogP contribution in [0.4, 0.5) is 4.79 Å². The minimum atomic E-state index is -1.04. The van der Waals surface area contributed by atoms with Gasteiger partial charge in [-0.3, -0.25) is 19.7 Å². The molecule has 1 aliphatic rings. The van der Waals surface area contributed by atoms with E-state index >= 15 is 0 Å². The zero-order valence-electron chi connectivity index (χ0n) is 14.0. The van der Waals surface area contributed by atoms with Crippen molar-refractivity contribution >= 4 is 35.0 Å². The molecule has 0 unspecified atom stereocenters. The van der Waals surface area contributed by atoms with Gasteiger partial charge in [0.05, 0.1) is 4.91 Å². The lowest BCUT2D eigenvalue weighted by molar-refractivity contribution is -0.138. The number of imide groups is 1. The number of carboxylic acids is 1. The molecule has 0 radical (unpaired) electrons. The van der Waals surface area contributed by atoms with Gasteiger partial charge < -0.3 is 15.6 Å². The Labute approximate surface area is 159 Å². The lowest BCUT2D eigenvalue weighted by Crippen LogP contribution is -2.32. The van der Waals surface area contributed by atoms with Crippen LogP contribution in [0.1, 0.15) is 11.1 Å². The van der Waals surface area contributed by atoms with Crippen LogP contribution >= 0.6 is 11.8 Å². The number of amides is 2. The smallest absolute Gasteiger partial charge is 0.320 e. The maximum Gasteiger partial charge on any atom is 0.320 e. The number of nitrogens with one attached hydrogen (secondary N) is 1. The minimum Gasteiger partial charge on any atom is -0.480 e. The molecule has 3 rings (SSSR count). The van der Waals surface area contributed by atoms with Crippen molar-refractivity contribution in [2.24, 2.45) is 5.73 Å². The third kappa shape index (κ3) is 4.96. The van der Waals surface area contributed by atoms with Gasteiger partial charge >= 0.3 is 5.97 Å². The van der Waals surface area contributed by atoms with Crippen LogP contribution in [0.2, 0.25) is 0 Å². The van der Waals surface area contributed by atoms with Gasteiger partial charge in [-0.15, -0.1) is 0 Å². The van der Waals surface area contributed by atoms with Gasteiger partial charge in [0.1, 0.15) is 17.5 Å². The topological polar surface area (TPSA) is 119 Å². The first kappa shape index (κ1) is 18.7. The van der Waals surface area contributed by atoms with Gasteiger partial charge in [-0.05, 0) is 59.7 Å². The summed E-state index contributed by atoms with van der Waals surface area (Å²) in [6, 6.07) is 13.1. The molecule has 2 amide bonds. The standard InChI is InChI=1S/C19H16N2O5S/c20-15(18(23)24)9-11-1-5-13(6-2-11)26-14-7-3-12(4-8-14)10-16-17(22)21-19(25)27-16/h1-8,10,15H,9,20H2,(H,23,24)(H,21,22,25)/b16-10-/t15-/m0/s1. The lowest BCUT2D eigenvalue weighted by Gasteiger charge is -2.09. The lowest BCUT2D eigenvalue weighted by atomic mass is 10.1. The fourth-order valence-corrected chi connectivity index (χ4v) is 3.06. The van der Waals surface area contributed by atoms with Crippen molar-refractivity contribution < 1.29 is 24.2 Å². The molecular weight excluding hydrogens is 368 g/mol. The van der Waals surface area contributed by atoms with Crippen LogP contribution in [0.15, 0.2) is 53.4 Å². The molecule has 7 nitrogen and oxygen atoms in total. The third-order valence-corrected chi connectivity index (χ3v) is 4.56. The van der Waals surface area contributed by atoms with Crippen LogP contribution in [0.5, 0.6) is 11.5 Å². The quantitative estimate of drug-likeness (QED) is 0.655. The molecule has 1 fully saturated rings. The van der Waals surface area contributed by atoms with Crippen molar-refractivity contribution in [2.45, 2.75) is 12.5 Å². The molecule has 138 valence electrons. The van der Waals surface area contributed by atoms with E-state index in [1.807, 2.05) is 0 Å². The number of carbonyl (C=O) groups is 3. The van der Waals surface area contributed by atoms with Crippen molar-refractivity contribution in [2.75, 3.05) is 0 Å². The fourth-order valence-electron chi connectivity index (χ4n) is 2.38. The van der Waals surface area contributed by atoms with Crippen LogP contribution in [-0.4, -0.2) is 28.3 Å². The summed E-state index contributed by atoms with van der Waals surface area (Å²) < 4.78 is 5.74. The molecule has 1 heterocycles. The van der Waals surface area contributed by atoms with Gasteiger partial charge in [-0.25, -0.2) is 0 Å². The van der Waals surface area contributed by atoms with Crippen LogP contribution in [0.25, 0.3) is 6.08 Å². The van der Waals surface area contributed by atoms with Gasteiger partial charge in [-0.2, -0.15) is 0 Å². The molecular formula is C19H16N2O5S. The van der Waals surface area contributed by atoms with E-state index in [1.165, 1.54) is 0 Å². The highest BCUT2D eigenvalue weighted by Gasteiger charge is 2.24. The maximum atomic E-state index is 11.5. The molecule has 0 saturated carbocycles. The van der Waals surface area contributed by atoms with Gasteiger partial charge in [0.2, 0.25) is 0 Å². The third-order valence-electron chi connectivity index (χ3n) is 3.75. The van der Waals surface area contributed by atoms with Crippen molar-refractivity contribution in [3.63, 3.8) is 0 Å². The molecule has 0 aliphatic carbocycles. The molecule has 27 heavy (non-hydrogen) atoms. The Kier molecular flexibility index (Phi) is 5.58. The molecule has 0 spiro atoms. The predicted octanol–water partition coefficient (Wildman–Crippen LogP) is 2.76. The Morgan fingerprint density at radius 1 is 1.11 bits per heavy atom. The predicted molar refractivity (Wildman–Crippen MR) is 101 cm³/mol. The molecule has 2 aromatic rings. The number of rotatable bonds is 6. The van der Waals surface area contributed by atoms with Gasteiger partial charge in [0.25, 0.3) is 11.1 Å². The van der Waals surface area contributed by atoms with Gasteiger partial charge in [0, 0.05) is 0 Å². The van der Waals surface area contributed by atoms with Gasteiger partial charge in [-0.1, -0.05) is 24.3 Å². The van der Waals surface area contributed by atoms with E-state index in [2.05, 4.69) is 5.32 Å². The van der Waals surface area contributed by atoms with Crippen molar-refractivity contribution in [1.29, 1.82) is 0 Å². The molecule has 8 heteroatoms. The second-order valence-corrected chi connectivity index (χ2v) is 6.83. The highest BCUT2D eigenvalue weighted by molar-refractivity contribution is 8.18. The molecule has 0 aromatic heterocycles. The SMILES string of the molecule is N[C@@H](Cc1ccc(Oc2ccc(/C=C3\SC(=O)NC3=O)cc2)cc1)C(=O)O. The van der Waals surface area contributed by atoms with E-state index in [0.717, 1.165) is 22.9 Å². The Hall–Kier alpha value is -3.10. The van der Waals surface area contributed by atoms with E-state index < -0.39 is 17.9 Å². The number of thioether (sulfide) groups is 1. The van der Waals surface area contributed by atoms with Crippen LogP contribution in [-0.2, 0) is 16.0 Å². The van der Waals surface area contributed by atoms with E-state index in [1.54, 1.807) is 54.6 Å². The largest absolute Gasteiger partial charge is 0.480 e. The Morgan fingerprint density at radius 3 is 2.22 bits per heavy atom. The summed E-state index contributed by atoms with van der Waals surface area (Å²) in [6.45, 7) is 0. The first-order chi connectivity index (χ1) is 12.9. The number of carboxylic acid groups (broad SMARTS) is 1. The average molecular weight is 384 g/mol.